The molecule has 3 aromatic rings. The first-order valence-corrected chi connectivity index (χ1v) is 7.61. The summed E-state index contributed by atoms with van der Waals surface area (Å²) in [6.45, 7) is 3.47. The molecule has 0 bridgehead atoms. The van der Waals surface area contributed by atoms with E-state index in [4.69, 9.17) is 0 Å². The van der Waals surface area contributed by atoms with Gasteiger partial charge in [-0.25, -0.2) is 4.98 Å². The fourth-order valence-electron chi connectivity index (χ4n) is 2.28. The Morgan fingerprint density at radius 1 is 0.905 bits per heavy atom. The van der Waals surface area contributed by atoms with Gasteiger partial charge < -0.3 is 0 Å². The number of thiazole rings is 1. The molecule has 2 nitrogen and oxygen atoms in total. The van der Waals surface area contributed by atoms with Crippen LogP contribution >= 0.6 is 11.3 Å². The molecule has 0 aliphatic rings. The van der Waals surface area contributed by atoms with Gasteiger partial charge in [0.25, 0.3) is 0 Å². The zero-order chi connectivity index (χ0) is 14.8. The summed E-state index contributed by atoms with van der Waals surface area (Å²) in [5.74, 6) is 0.0807. The predicted molar refractivity (Wildman–Crippen MR) is 87.7 cm³/mol. The van der Waals surface area contributed by atoms with Crippen molar-refractivity contribution < 1.29 is 4.79 Å². The highest BCUT2D eigenvalue weighted by molar-refractivity contribution is 7.17. The van der Waals surface area contributed by atoms with Gasteiger partial charge in [-0.3, -0.25) is 4.79 Å². The Kier molecular flexibility index (Phi) is 3.67. The highest BCUT2D eigenvalue weighted by Gasteiger charge is 2.12. The smallest absolute Gasteiger partial charge is 0.171 e. The molecule has 0 unspecified atom stereocenters. The number of aryl methyl sites for hydroxylation is 1. The molecule has 0 N–H and O–H groups in total. The van der Waals surface area contributed by atoms with E-state index in [-0.39, 0.29) is 5.78 Å². The number of hydrogen-bond acceptors (Lipinski definition) is 3. The first-order valence-electron chi connectivity index (χ1n) is 6.79. The first-order chi connectivity index (χ1) is 10.1. The van der Waals surface area contributed by atoms with Gasteiger partial charge in [0, 0.05) is 12.5 Å². The quantitative estimate of drug-likeness (QED) is 0.637. The lowest BCUT2D eigenvalue weighted by molar-refractivity contribution is 0.102. The Morgan fingerprint density at radius 2 is 1.48 bits per heavy atom. The predicted octanol–water partition coefficient (Wildman–Crippen LogP) is 4.99. The van der Waals surface area contributed by atoms with Crippen molar-refractivity contribution in [3.05, 3.63) is 65.2 Å². The van der Waals surface area contributed by atoms with Crippen LogP contribution in [-0.4, -0.2) is 10.8 Å². The Morgan fingerprint density at radius 3 is 2.05 bits per heavy atom. The lowest BCUT2D eigenvalue weighted by Gasteiger charge is -2.02. The van der Waals surface area contributed by atoms with E-state index in [1.54, 1.807) is 6.92 Å². The number of ketones is 1. The van der Waals surface area contributed by atoms with Crippen molar-refractivity contribution in [2.24, 2.45) is 0 Å². The third-order valence-electron chi connectivity index (χ3n) is 3.36. The molecule has 104 valence electrons. The second kappa shape index (κ2) is 5.62. The summed E-state index contributed by atoms with van der Waals surface area (Å²) in [5, 5.41) is 0.900. The zero-order valence-electron chi connectivity index (χ0n) is 12.0. The molecule has 0 atom stereocenters. The third-order valence-corrected chi connectivity index (χ3v) is 4.66. The van der Waals surface area contributed by atoms with Crippen LogP contribution in [0.25, 0.3) is 21.7 Å². The van der Waals surface area contributed by atoms with Crippen molar-refractivity contribution in [3.63, 3.8) is 0 Å². The van der Waals surface area contributed by atoms with Crippen LogP contribution in [0.1, 0.15) is 22.3 Å². The summed E-state index contributed by atoms with van der Waals surface area (Å²) in [6.07, 6.45) is 0. The van der Waals surface area contributed by atoms with E-state index in [9.17, 15) is 4.79 Å². The maximum Gasteiger partial charge on any atom is 0.171 e. The molecule has 0 saturated carbocycles. The van der Waals surface area contributed by atoms with Gasteiger partial charge in [0.2, 0.25) is 0 Å². The summed E-state index contributed by atoms with van der Waals surface area (Å²) in [6, 6.07) is 18.6. The minimum Gasteiger partial charge on any atom is -0.294 e. The van der Waals surface area contributed by atoms with Gasteiger partial charge in [0.05, 0.1) is 10.6 Å². The fourth-order valence-corrected chi connectivity index (χ4v) is 3.25. The minimum atomic E-state index is 0.0807. The maximum atomic E-state index is 11.5. The highest BCUT2D eigenvalue weighted by atomic mass is 32.1. The van der Waals surface area contributed by atoms with Crippen LogP contribution in [0.15, 0.2) is 54.6 Å². The number of carbonyl (C=O) groups excluding carboxylic acids is 1. The third kappa shape index (κ3) is 2.78. The van der Waals surface area contributed by atoms with Crippen molar-refractivity contribution >= 4 is 17.1 Å². The summed E-state index contributed by atoms with van der Waals surface area (Å²) in [4.78, 5) is 16.8. The molecular formula is C18H15NOS. The summed E-state index contributed by atoms with van der Waals surface area (Å²) < 4.78 is 0. The van der Waals surface area contributed by atoms with Gasteiger partial charge in [-0.05, 0) is 18.1 Å². The molecule has 1 aromatic heterocycles. The molecule has 21 heavy (non-hydrogen) atoms. The summed E-state index contributed by atoms with van der Waals surface area (Å²) >= 11 is 1.46. The van der Waals surface area contributed by atoms with E-state index in [0.29, 0.717) is 0 Å². The SMILES string of the molecule is CC(=O)c1sc(-c2ccc(-c3ccccc3)cc2)nc1C. The second-order valence-electron chi connectivity index (χ2n) is 4.93. The summed E-state index contributed by atoms with van der Waals surface area (Å²) in [7, 11) is 0. The van der Waals surface area contributed by atoms with Crippen molar-refractivity contribution in [2.45, 2.75) is 13.8 Å². The van der Waals surface area contributed by atoms with E-state index >= 15 is 0 Å². The zero-order valence-corrected chi connectivity index (χ0v) is 12.8. The molecule has 0 fully saturated rings. The van der Waals surface area contributed by atoms with Crippen molar-refractivity contribution in [3.8, 4) is 21.7 Å². The van der Waals surface area contributed by atoms with Crippen LogP contribution in [0, 0.1) is 6.92 Å². The molecular weight excluding hydrogens is 278 g/mol. The Hall–Kier alpha value is -2.26. The van der Waals surface area contributed by atoms with Crippen LogP contribution in [0.2, 0.25) is 0 Å². The van der Waals surface area contributed by atoms with Crippen LogP contribution in [0.5, 0.6) is 0 Å². The molecule has 0 aliphatic carbocycles. The lowest BCUT2D eigenvalue weighted by Crippen LogP contribution is -1.89. The number of rotatable bonds is 3. The monoisotopic (exact) mass is 293 g/mol. The summed E-state index contributed by atoms with van der Waals surface area (Å²) in [5.41, 5.74) is 4.24. The fraction of sp³-hybridized carbons (Fsp3) is 0.111. The van der Waals surface area contributed by atoms with Crippen LogP contribution in [0.3, 0.4) is 0 Å². The van der Waals surface area contributed by atoms with Crippen molar-refractivity contribution in [2.75, 3.05) is 0 Å². The Labute approximate surface area is 128 Å². The second-order valence-corrected chi connectivity index (χ2v) is 5.93. The number of carbonyl (C=O) groups is 1. The number of hydrogen-bond donors (Lipinski definition) is 0. The molecule has 0 aliphatic heterocycles. The number of benzene rings is 2. The van der Waals surface area contributed by atoms with Gasteiger partial charge in [-0.1, -0.05) is 54.6 Å². The van der Waals surface area contributed by atoms with Crippen LogP contribution < -0.4 is 0 Å². The molecule has 0 spiro atoms. The molecule has 1 heterocycles. The Bertz CT molecular complexity index is 773. The van der Waals surface area contributed by atoms with Crippen molar-refractivity contribution in [1.82, 2.24) is 4.98 Å². The van der Waals surface area contributed by atoms with Gasteiger partial charge in [0.15, 0.2) is 5.78 Å². The van der Waals surface area contributed by atoms with Crippen LogP contribution in [-0.2, 0) is 0 Å². The van der Waals surface area contributed by atoms with E-state index in [1.807, 2.05) is 25.1 Å². The number of nitrogens with zero attached hydrogens (tertiary/aromatic N) is 1. The minimum absolute atomic E-state index is 0.0807. The standard InChI is InChI=1S/C18H15NOS/c1-12-17(13(2)20)21-18(19-12)16-10-8-15(9-11-16)14-6-4-3-5-7-14/h3-11H,1-2H3. The number of Topliss-reactive ketones (excluding diaryl/α,β-unsaturated/α-hetero) is 1. The molecule has 0 saturated heterocycles. The largest absolute Gasteiger partial charge is 0.294 e. The highest BCUT2D eigenvalue weighted by Crippen LogP contribution is 2.30. The van der Waals surface area contributed by atoms with E-state index < -0.39 is 0 Å². The van der Waals surface area contributed by atoms with Gasteiger partial charge >= 0.3 is 0 Å². The molecule has 3 rings (SSSR count). The van der Waals surface area contributed by atoms with Gasteiger partial charge in [-0.15, -0.1) is 11.3 Å². The molecule has 3 heteroatoms. The average Bonchev–Trinajstić information content (AvgIpc) is 2.90. The van der Waals surface area contributed by atoms with E-state index in [2.05, 4.69) is 41.4 Å². The lowest BCUT2D eigenvalue weighted by atomic mass is 10.0. The topological polar surface area (TPSA) is 30.0 Å². The molecule has 0 amide bonds. The van der Waals surface area contributed by atoms with E-state index in [1.165, 1.54) is 22.5 Å². The molecule has 0 radical (unpaired) electrons. The van der Waals surface area contributed by atoms with Gasteiger partial charge in [-0.2, -0.15) is 0 Å². The van der Waals surface area contributed by atoms with Crippen molar-refractivity contribution in [1.29, 1.82) is 0 Å². The van der Waals surface area contributed by atoms with Gasteiger partial charge in [0.1, 0.15) is 5.01 Å². The average molecular weight is 293 g/mol. The van der Waals surface area contributed by atoms with Crippen LogP contribution in [0.4, 0.5) is 0 Å². The first kappa shape index (κ1) is 13.7. The van der Waals surface area contributed by atoms with E-state index in [0.717, 1.165) is 21.1 Å². The maximum absolute atomic E-state index is 11.5. The number of aromatic nitrogens is 1. The normalized spacial score (nSPS) is 10.6. The molecule has 2 aromatic carbocycles. The Balaban J connectivity index is 1.94.